The number of hydrogen-bond donors (Lipinski definition) is 1. The van der Waals surface area contributed by atoms with Crippen molar-refractivity contribution in [3.8, 4) is 0 Å². The highest BCUT2D eigenvalue weighted by atomic mass is 32.2. The van der Waals surface area contributed by atoms with Crippen LogP contribution in [-0.2, 0) is 0 Å². The second-order valence-electron chi connectivity index (χ2n) is 4.61. The number of likely N-dealkylation sites (N-methyl/N-ethyl adjacent to an activating group) is 1. The topological polar surface area (TPSA) is 6.48 Å². The number of nitrogens with zero attached hydrogens (tertiary/aromatic N) is 2. The average molecular weight is 234 g/mol. The third-order valence-electron chi connectivity index (χ3n) is 2.61. The Balaban J connectivity index is 2.19. The van der Waals surface area contributed by atoms with Crippen LogP contribution in [0.1, 0.15) is 13.8 Å². The lowest BCUT2D eigenvalue weighted by atomic mass is 10.2. The summed E-state index contributed by atoms with van der Waals surface area (Å²) in [4.78, 5) is 4.93. The maximum atomic E-state index is 4.37. The Kier molecular flexibility index (Phi) is 5.11. The molecule has 0 atom stereocenters. The summed E-state index contributed by atoms with van der Waals surface area (Å²) >= 11 is 6.38. The molecule has 2 nitrogen and oxygen atoms in total. The van der Waals surface area contributed by atoms with Crippen LogP contribution in [0.25, 0.3) is 0 Å². The largest absolute Gasteiger partial charge is 0.304 e. The van der Waals surface area contributed by atoms with Crippen LogP contribution in [0.2, 0.25) is 0 Å². The average Bonchev–Trinajstić information content (AvgIpc) is 2.17. The summed E-state index contributed by atoms with van der Waals surface area (Å²) in [7, 11) is 2.20. The number of piperazine rings is 1. The van der Waals surface area contributed by atoms with Gasteiger partial charge in [-0.2, -0.15) is 12.6 Å². The van der Waals surface area contributed by atoms with Crippen molar-refractivity contribution in [2.24, 2.45) is 0 Å². The molecule has 0 amide bonds. The molecule has 0 spiro atoms. The predicted octanol–water partition coefficient (Wildman–Crippen LogP) is 1.63. The van der Waals surface area contributed by atoms with Crippen LogP contribution >= 0.6 is 24.4 Å². The van der Waals surface area contributed by atoms with Crippen LogP contribution in [0.4, 0.5) is 0 Å². The second-order valence-corrected chi connectivity index (χ2v) is 6.58. The molecular weight excluding hydrogens is 212 g/mol. The molecular formula is C10H22N2S2. The first-order valence-electron chi connectivity index (χ1n) is 5.19. The number of hydrogen-bond acceptors (Lipinski definition) is 4. The highest BCUT2D eigenvalue weighted by Crippen LogP contribution is 2.26. The quantitative estimate of drug-likeness (QED) is 0.739. The number of thiol groups is 1. The van der Waals surface area contributed by atoms with E-state index in [4.69, 9.17) is 0 Å². The lowest BCUT2D eigenvalue weighted by molar-refractivity contribution is 0.174. The summed E-state index contributed by atoms with van der Waals surface area (Å²) in [6.45, 7) is 9.38. The predicted molar refractivity (Wildman–Crippen MR) is 69.5 cm³/mol. The summed E-state index contributed by atoms with van der Waals surface area (Å²) < 4.78 is 0.312. The van der Waals surface area contributed by atoms with Gasteiger partial charge >= 0.3 is 0 Å². The Morgan fingerprint density at radius 1 is 1.21 bits per heavy atom. The Morgan fingerprint density at radius 2 is 1.79 bits per heavy atom. The van der Waals surface area contributed by atoms with Gasteiger partial charge in [0.1, 0.15) is 0 Å². The molecule has 1 aliphatic rings. The molecule has 0 N–H and O–H groups in total. The van der Waals surface area contributed by atoms with E-state index < -0.39 is 0 Å². The van der Waals surface area contributed by atoms with Crippen molar-refractivity contribution in [3.63, 3.8) is 0 Å². The first kappa shape index (κ1) is 12.7. The van der Waals surface area contributed by atoms with E-state index in [-0.39, 0.29) is 0 Å². The lowest BCUT2D eigenvalue weighted by Crippen LogP contribution is -2.44. The Morgan fingerprint density at radius 3 is 2.29 bits per heavy atom. The number of rotatable bonds is 4. The normalized spacial score (nSPS) is 21.4. The summed E-state index contributed by atoms with van der Waals surface area (Å²) in [5, 5.41) is 0. The van der Waals surface area contributed by atoms with Gasteiger partial charge in [-0.05, 0) is 20.9 Å². The van der Waals surface area contributed by atoms with Crippen molar-refractivity contribution in [2.45, 2.75) is 18.6 Å². The van der Waals surface area contributed by atoms with Crippen molar-refractivity contribution >= 4 is 24.4 Å². The van der Waals surface area contributed by atoms with Gasteiger partial charge in [0.2, 0.25) is 0 Å². The lowest BCUT2D eigenvalue weighted by Gasteiger charge is -2.34. The van der Waals surface area contributed by atoms with Gasteiger partial charge in [0.15, 0.2) is 0 Å². The third-order valence-corrected chi connectivity index (χ3v) is 5.04. The number of thioether (sulfide) groups is 1. The van der Waals surface area contributed by atoms with E-state index in [2.05, 4.69) is 43.3 Å². The van der Waals surface area contributed by atoms with E-state index >= 15 is 0 Å². The van der Waals surface area contributed by atoms with Crippen LogP contribution in [0.3, 0.4) is 0 Å². The zero-order valence-corrected chi connectivity index (χ0v) is 11.2. The molecule has 4 heteroatoms. The summed E-state index contributed by atoms with van der Waals surface area (Å²) in [5.74, 6) is 2.10. The highest BCUT2D eigenvalue weighted by Gasteiger charge is 2.19. The highest BCUT2D eigenvalue weighted by molar-refractivity contribution is 8.01. The SMILES string of the molecule is CN1CCN(CSC(C)(C)CS)CC1. The van der Waals surface area contributed by atoms with E-state index in [1.807, 2.05) is 11.8 Å². The van der Waals surface area contributed by atoms with Gasteiger partial charge in [0, 0.05) is 42.6 Å². The Hall–Kier alpha value is 0.620. The second kappa shape index (κ2) is 5.64. The smallest absolute Gasteiger partial charge is 0.0451 e. The van der Waals surface area contributed by atoms with Gasteiger partial charge < -0.3 is 4.90 Å². The van der Waals surface area contributed by atoms with E-state index in [9.17, 15) is 0 Å². The molecule has 0 aromatic heterocycles. The van der Waals surface area contributed by atoms with Crippen molar-refractivity contribution in [1.29, 1.82) is 0 Å². The molecule has 0 saturated carbocycles. The van der Waals surface area contributed by atoms with Crippen molar-refractivity contribution in [2.75, 3.05) is 44.9 Å². The molecule has 84 valence electrons. The molecule has 0 bridgehead atoms. The summed E-state index contributed by atoms with van der Waals surface area (Å²) in [5.41, 5.74) is 0. The van der Waals surface area contributed by atoms with Crippen LogP contribution in [-0.4, -0.2) is 59.4 Å². The molecule has 0 aromatic rings. The zero-order valence-electron chi connectivity index (χ0n) is 9.49. The van der Waals surface area contributed by atoms with Crippen LogP contribution < -0.4 is 0 Å². The first-order chi connectivity index (χ1) is 6.53. The molecule has 1 heterocycles. The standard InChI is InChI=1S/C10H22N2S2/c1-10(2,8-13)14-9-12-6-4-11(3)5-7-12/h13H,4-9H2,1-3H3. The molecule has 0 unspecified atom stereocenters. The van der Waals surface area contributed by atoms with Crippen molar-refractivity contribution in [1.82, 2.24) is 9.80 Å². The molecule has 1 saturated heterocycles. The van der Waals surface area contributed by atoms with Gasteiger partial charge in [-0.3, -0.25) is 4.90 Å². The monoisotopic (exact) mass is 234 g/mol. The van der Waals surface area contributed by atoms with Gasteiger partial charge in [-0.1, -0.05) is 0 Å². The first-order valence-corrected chi connectivity index (χ1v) is 6.81. The molecule has 1 rings (SSSR count). The summed E-state index contributed by atoms with van der Waals surface area (Å²) in [6.07, 6.45) is 0. The van der Waals surface area contributed by atoms with Crippen LogP contribution in [0.5, 0.6) is 0 Å². The maximum absolute atomic E-state index is 4.37. The van der Waals surface area contributed by atoms with Gasteiger partial charge in [0.25, 0.3) is 0 Å². The fourth-order valence-corrected chi connectivity index (χ4v) is 2.44. The molecule has 1 fully saturated rings. The van der Waals surface area contributed by atoms with E-state index in [0.29, 0.717) is 4.75 Å². The van der Waals surface area contributed by atoms with Crippen LogP contribution in [0.15, 0.2) is 0 Å². The van der Waals surface area contributed by atoms with E-state index in [0.717, 1.165) is 11.6 Å². The van der Waals surface area contributed by atoms with Crippen LogP contribution in [0, 0.1) is 0 Å². The minimum atomic E-state index is 0.312. The zero-order chi connectivity index (χ0) is 10.6. The maximum Gasteiger partial charge on any atom is 0.0451 e. The fourth-order valence-electron chi connectivity index (χ4n) is 1.29. The van der Waals surface area contributed by atoms with Crippen molar-refractivity contribution in [3.05, 3.63) is 0 Å². The minimum absolute atomic E-state index is 0.312. The Labute approximate surface area is 97.8 Å². The minimum Gasteiger partial charge on any atom is -0.304 e. The molecule has 0 aliphatic carbocycles. The molecule has 1 aliphatic heterocycles. The fraction of sp³-hybridized carbons (Fsp3) is 1.00. The van der Waals surface area contributed by atoms with E-state index in [1.165, 1.54) is 26.2 Å². The van der Waals surface area contributed by atoms with Gasteiger partial charge in [0.05, 0.1) is 0 Å². The summed E-state index contributed by atoms with van der Waals surface area (Å²) in [6, 6.07) is 0. The molecule has 0 aromatic carbocycles. The molecule has 0 radical (unpaired) electrons. The van der Waals surface area contributed by atoms with Gasteiger partial charge in [-0.25, -0.2) is 0 Å². The Bertz CT molecular complexity index is 166. The third kappa shape index (κ3) is 4.43. The van der Waals surface area contributed by atoms with Crippen molar-refractivity contribution < 1.29 is 0 Å². The molecule has 14 heavy (non-hydrogen) atoms. The van der Waals surface area contributed by atoms with E-state index in [1.54, 1.807) is 0 Å². The van der Waals surface area contributed by atoms with Gasteiger partial charge in [-0.15, -0.1) is 11.8 Å².